The van der Waals surface area contributed by atoms with Crippen LogP contribution in [0.4, 0.5) is 0 Å². The minimum atomic E-state index is -0.470. The van der Waals surface area contributed by atoms with Crippen LogP contribution in [-0.2, 0) is 13.1 Å². The van der Waals surface area contributed by atoms with Gasteiger partial charge in [-0.05, 0) is 42.4 Å². The number of nitrogens with one attached hydrogen (secondary N) is 1. The first-order valence-electron chi connectivity index (χ1n) is 9.84. The molecule has 0 amide bonds. The Morgan fingerprint density at radius 1 is 1.04 bits per heavy atom. The van der Waals surface area contributed by atoms with Crippen molar-refractivity contribution in [3.05, 3.63) is 64.7 Å². The lowest BCUT2D eigenvalue weighted by atomic mass is 10.2. The number of benzene rings is 2. The molecular weight excluding hydrogens is 374 g/mol. The van der Waals surface area contributed by atoms with Crippen LogP contribution in [0.3, 0.4) is 0 Å². The van der Waals surface area contributed by atoms with Crippen molar-refractivity contribution in [3.63, 3.8) is 0 Å². The van der Waals surface area contributed by atoms with Crippen LogP contribution in [0.1, 0.15) is 11.1 Å². The van der Waals surface area contributed by atoms with Gasteiger partial charge in [-0.15, -0.1) is 0 Å². The number of likely N-dealkylation sites (N-methyl/N-ethyl adjacent to an activating group) is 1. The Bertz CT molecular complexity index is 718. The van der Waals surface area contributed by atoms with Crippen LogP contribution in [0.25, 0.3) is 0 Å². The third-order valence-corrected chi connectivity index (χ3v) is 5.21. The molecule has 0 saturated carbocycles. The molecule has 0 bridgehead atoms. The number of ether oxygens (including phenoxy) is 1. The molecular formula is C22H30ClN3O2. The van der Waals surface area contributed by atoms with Crippen LogP contribution < -0.4 is 10.1 Å². The van der Waals surface area contributed by atoms with E-state index in [0.29, 0.717) is 13.2 Å². The molecule has 28 heavy (non-hydrogen) atoms. The van der Waals surface area contributed by atoms with E-state index in [-0.39, 0.29) is 0 Å². The van der Waals surface area contributed by atoms with Crippen LogP contribution in [0, 0.1) is 0 Å². The summed E-state index contributed by atoms with van der Waals surface area (Å²) in [6.45, 7) is 6.66. The van der Waals surface area contributed by atoms with Gasteiger partial charge in [-0.3, -0.25) is 4.90 Å². The van der Waals surface area contributed by atoms with Gasteiger partial charge in [0.25, 0.3) is 0 Å². The lowest BCUT2D eigenvalue weighted by Crippen LogP contribution is -2.47. The zero-order valence-corrected chi connectivity index (χ0v) is 17.2. The van der Waals surface area contributed by atoms with E-state index in [9.17, 15) is 5.11 Å². The normalized spacial score (nSPS) is 16.8. The van der Waals surface area contributed by atoms with E-state index in [2.05, 4.69) is 28.2 Å². The lowest BCUT2D eigenvalue weighted by Gasteiger charge is -2.33. The van der Waals surface area contributed by atoms with E-state index in [1.54, 1.807) is 0 Å². The van der Waals surface area contributed by atoms with Gasteiger partial charge in [0, 0.05) is 50.8 Å². The maximum atomic E-state index is 10.2. The molecule has 2 N–H and O–H groups in total. The number of aliphatic hydroxyl groups excluding tert-OH is 1. The summed E-state index contributed by atoms with van der Waals surface area (Å²) in [6.07, 6.45) is -0.470. The van der Waals surface area contributed by atoms with Crippen LogP contribution in [-0.4, -0.2) is 67.4 Å². The van der Waals surface area contributed by atoms with Gasteiger partial charge in [-0.2, -0.15) is 0 Å². The predicted octanol–water partition coefficient (Wildman–Crippen LogP) is 2.62. The van der Waals surface area contributed by atoms with Crippen molar-refractivity contribution in [2.45, 2.75) is 19.2 Å². The van der Waals surface area contributed by atoms with E-state index < -0.39 is 6.10 Å². The monoisotopic (exact) mass is 403 g/mol. The highest BCUT2D eigenvalue weighted by Gasteiger charge is 2.17. The summed E-state index contributed by atoms with van der Waals surface area (Å²) in [6, 6.07) is 15.9. The van der Waals surface area contributed by atoms with Gasteiger partial charge < -0.3 is 20.1 Å². The number of rotatable bonds is 9. The van der Waals surface area contributed by atoms with Gasteiger partial charge in [-0.25, -0.2) is 0 Å². The number of halogens is 1. The quantitative estimate of drug-likeness (QED) is 0.674. The summed E-state index contributed by atoms with van der Waals surface area (Å²) >= 11 is 6.01. The molecule has 2 aromatic carbocycles. The molecule has 1 atom stereocenters. The van der Waals surface area contributed by atoms with E-state index >= 15 is 0 Å². The first kappa shape index (κ1) is 21.1. The van der Waals surface area contributed by atoms with Crippen LogP contribution in [0.5, 0.6) is 5.75 Å². The van der Waals surface area contributed by atoms with Crippen molar-refractivity contribution in [1.29, 1.82) is 0 Å². The standard InChI is InChI=1S/C22H30ClN3O2/c1-25-9-11-26(12-10-25)16-21(27)17-28-22-7-5-18(6-8-22)14-24-15-19-3-2-4-20(23)13-19/h2-8,13,21,24,27H,9-12,14-17H2,1H3/t21-/m1/s1. The summed E-state index contributed by atoms with van der Waals surface area (Å²) in [5.74, 6) is 0.788. The largest absolute Gasteiger partial charge is 0.491 e. The number of aliphatic hydroxyl groups is 1. The molecule has 152 valence electrons. The fourth-order valence-corrected chi connectivity index (χ4v) is 3.49. The summed E-state index contributed by atoms with van der Waals surface area (Å²) in [4.78, 5) is 4.60. The smallest absolute Gasteiger partial charge is 0.119 e. The molecule has 5 nitrogen and oxygen atoms in total. The van der Waals surface area contributed by atoms with E-state index in [1.807, 2.05) is 42.5 Å². The number of nitrogens with zero attached hydrogens (tertiary/aromatic N) is 2. The van der Waals surface area contributed by atoms with Gasteiger partial charge >= 0.3 is 0 Å². The maximum Gasteiger partial charge on any atom is 0.119 e. The number of hydrogen-bond donors (Lipinski definition) is 2. The second kappa shape index (κ2) is 10.8. The Morgan fingerprint density at radius 2 is 1.75 bits per heavy atom. The SMILES string of the molecule is CN1CCN(C[C@@H](O)COc2ccc(CNCc3cccc(Cl)c3)cc2)CC1. The minimum absolute atomic E-state index is 0.318. The number of piperazine rings is 1. The molecule has 1 heterocycles. The fourth-order valence-electron chi connectivity index (χ4n) is 3.28. The summed E-state index contributed by atoms with van der Waals surface area (Å²) in [7, 11) is 2.13. The van der Waals surface area contributed by atoms with Gasteiger partial charge in [-0.1, -0.05) is 35.9 Å². The van der Waals surface area contributed by atoms with E-state index in [1.165, 1.54) is 11.1 Å². The van der Waals surface area contributed by atoms with Crippen LogP contribution >= 0.6 is 11.6 Å². The summed E-state index contributed by atoms with van der Waals surface area (Å²) in [5.41, 5.74) is 2.36. The Labute approximate surface area is 172 Å². The van der Waals surface area contributed by atoms with Gasteiger partial charge in [0.05, 0.1) is 0 Å². The molecule has 1 aliphatic rings. The van der Waals surface area contributed by atoms with Gasteiger partial charge in [0.1, 0.15) is 18.5 Å². The molecule has 0 spiro atoms. The van der Waals surface area contributed by atoms with Crippen molar-refractivity contribution in [3.8, 4) is 5.75 Å². The molecule has 6 heteroatoms. The molecule has 0 unspecified atom stereocenters. The molecule has 0 radical (unpaired) electrons. The maximum absolute atomic E-state index is 10.2. The minimum Gasteiger partial charge on any atom is -0.491 e. The highest BCUT2D eigenvalue weighted by Crippen LogP contribution is 2.14. The summed E-state index contributed by atoms with van der Waals surface area (Å²) in [5, 5.41) is 14.4. The topological polar surface area (TPSA) is 48.0 Å². The third-order valence-electron chi connectivity index (χ3n) is 4.98. The van der Waals surface area contributed by atoms with Crippen molar-refractivity contribution in [2.24, 2.45) is 0 Å². The number of hydrogen-bond acceptors (Lipinski definition) is 5. The van der Waals surface area contributed by atoms with Crippen LogP contribution in [0.2, 0.25) is 5.02 Å². The second-order valence-corrected chi connectivity index (χ2v) is 7.88. The molecule has 1 saturated heterocycles. The average molecular weight is 404 g/mol. The molecule has 0 aliphatic carbocycles. The highest BCUT2D eigenvalue weighted by molar-refractivity contribution is 6.30. The summed E-state index contributed by atoms with van der Waals surface area (Å²) < 4.78 is 5.75. The van der Waals surface area contributed by atoms with Crippen molar-refractivity contribution < 1.29 is 9.84 Å². The van der Waals surface area contributed by atoms with Crippen molar-refractivity contribution in [2.75, 3.05) is 46.4 Å². The first-order valence-corrected chi connectivity index (χ1v) is 10.2. The fraction of sp³-hybridized carbons (Fsp3) is 0.455. The Hall–Kier alpha value is -1.63. The molecule has 1 aliphatic heterocycles. The van der Waals surface area contributed by atoms with Crippen molar-refractivity contribution >= 4 is 11.6 Å². The zero-order valence-electron chi connectivity index (χ0n) is 16.5. The number of β-amino-alcohol motifs (C(OH)–C–C–N with tert-alkyl or cyclic N) is 1. The molecule has 1 fully saturated rings. The zero-order chi connectivity index (χ0) is 19.8. The Kier molecular flexibility index (Phi) is 8.13. The Morgan fingerprint density at radius 3 is 2.46 bits per heavy atom. The highest BCUT2D eigenvalue weighted by atomic mass is 35.5. The van der Waals surface area contributed by atoms with E-state index in [4.69, 9.17) is 16.3 Å². The van der Waals surface area contributed by atoms with E-state index in [0.717, 1.165) is 50.0 Å². The van der Waals surface area contributed by atoms with Gasteiger partial charge in [0.15, 0.2) is 0 Å². The predicted molar refractivity (Wildman–Crippen MR) is 114 cm³/mol. The van der Waals surface area contributed by atoms with Gasteiger partial charge in [0.2, 0.25) is 0 Å². The first-order chi connectivity index (χ1) is 13.6. The van der Waals surface area contributed by atoms with Crippen LogP contribution in [0.15, 0.2) is 48.5 Å². The Balaban J connectivity index is 1.35. The van der Waals surface area contributed by atoms with Crippen molar-refractivity contribution in [1.82, 2.24) is 15.1 Å². The second-order valence-electron chi connectivity index (χ2n) is 7.45. The molecule has 3 rings (SSSR count). The molecule has 0 aromatic heterocycles. The third kappa shape index (κ3) is 7.08. The average Bonchev–Trinajstić information content (AvgIpc) is 2.69. The lowest BCUT2D eigenvalue weighted by molar-refractivity contribution is 0.0505. The molecule has 2 aromatic rings.